The molecule has 0 fully saturated rings. The Morgan fingerprint density at radius 2 is 0.867 bits per heavy atom. The third-order valence-electron chi connectivity index (χ3n) is 5.48. The number of hydrogen-bond donors (Lipinski definition) is 1. The van der Waals surface area contributed by atoms with Crippen LogP contribution in [0.3, 0.4) is 0 Å². The molecule has 2 N–H and O–H groups in total. The summed E-state index contributed by atoms with van der Waals surface area (Å²) in [7, 11) is -4.93. The summed E-state index contributed by atoms with van der Waals surface area (Å²) < 4.78 is 37.0. The molecule has 0 spiro atoms. The van der Waals surface area contributed by atoms with Gasteiger partial charge in [0.05, 0.1) is 18.2 Å². The number of hydrogen-bond acceptors (Lipinski definition) is 7. The average molecular weight is 468 g/mol. The minimum atomic E-state index is -2.46. The van der Waals surface area contributed by atoms with Gasteiger partial charge in [-0.1, -0.05) is 13.8 Å². The van der Waals surface area contributed by atoms with E-state index in [2.05, 4.69) is 26.9 Å². The Balaban J connectivity index is 5.22. The van der Waals surface area contributed by atoms with E-state index in [9.17, 15) is 0 Å². The minimum absolute atomic E-state index is 0.0980. The molecule has 0 heterocycles. The summed E-state index contributed by atoms with van der Waals surface area (Å²) >= 11 is 0. The Hall–Kier alpha value is 0.154. The Bertz CT molecular complexity index is 396. The van der Waals surface area contributed by atoms with Gasteiger partial charge in [-0.2, -0.15) is 0 Å². The molecule has 0 saturated heterocycles. The Morgan fingerprint density at radius 3 is 1.07 bits per heavy atom. The maximum atomic E-state index is 6.57. The molecule has 0 aromatic carbocycles. The fourth-order valence-corrected chi connectivity index (χ4v) is 9.47. The zero-order valence-electron chi connectivity index (χ0n) is 21.2. The van der Waals surface area contributed by atoms with E-state index in [0.29, 0.717) is 26.4 Å². The molecule has 7 nitrogen and oxygen atoms in total. The van der Waals surface area contributed by atoms with Crippen LogP contribution in [0.5, 0.6) is 0 Å². The van der Waals surface area contributed by atoms with E-state index in [1.807, 2.05) is 41.5 Å². The van der Waals surface area contributed by atoms with Crippen LogP contribution < -0.4 is 5.73 Å². The van der Waals surface area contributed by atoms with Crippen LogP contribution in [0.25, 0.3) is 0 Å². The first-order valence-electron chi connectivity index (χ1n) is 11.7. The van der Waals surface area contributed by atoms with Crippen LogP contribution >= 0.6 is 0 Å². The smallest absolute Gasteiger partial charge is 0.364 e. The van der Waals surface area contributed by atoms with Crippen molar-refractivity contribution >= 4 is 17.1 Å². The van der Waals surface area contributed by atoms with Gasteiger partial charge in [-0.3, -0.25) is 0 Å². The number of rotatable bonds is 18. The van der Waals surface area contributed by atoms with Crippen molar-refractivity contribution in [1.82, 2.24) is 0 Å². The van der Waals surface area contributed by atoms with Gasteiger partial charge in [0.2, 0.25) is 0 Å². The quantitative estimate of drug-likeness (QED) is 0.305. The van der Waals surface area contributed by atoms with Gasteiger partial charge in [0, 0.05) is 26.4 Å². The van der Waals surface area contributed by atoms with Gasteiger partial charge >= 0.3 is 17.1 Å². The van der Waals surface area contributed by atoms with Gasteiger partial charge in [-0.15, -0.1) is 0 Å². The van der Waals surface area contributed by atoms with Crippen LogP contribution in [0.2, 0.25) is 13.1 Å². The lowest BCUT2D eigenvalue weighted by Crippen LogP contribution is -2.57. The SMILES string of the molecule is CCO[Si](C)(OCC)C(CC)OC(C)C(N)C(C)OC(CC)[Si](C)(OCC)OCC. The molecular formula is C21H49NO6Si2. The van der Waals surface area contributed by atoms with Crippen molar-refractivity contribution in [2.75, 3.05) is 26.4 Å². The third-order valence-corrected chi connectivity index (χ3v) is 12.4. The molecule has 0 bridgehead atoms. The summed E-state index contributed by atoms with van der Waals surface area (Å²) in [5.74, 6) is 0. The lowest BCUT2D eigenvalue weighted by Gasteiger charge is -2.39. The van der Waals surface area contributed by atoms with Crippen molar-refractivity contribution in [2.24, 2.45) is 5.73 Å². The molecule has 0 radical (unpaired) electrons. The van der Waals surface area contributed by atoms with Crippen molar-refractivity contribution in [3.8, 4) is 0 Å². The molecule has 0 aliphatic heterocycles. The van der Waals surface area contributed by atoms with E-state index in [0.717, 1.165) is 12.8 Å². The normalized spacial score (nSPS) is 18.1. The van der Waals surface area contributed by atoms with Gasteiger partial charge in [-0.25, -0.2) is 0 Å². The Kier molecular flexibility index (Phi) is 15.2. The molecule has 0 saturated carbocycles. The molecule has 0 aromatic heterocycles. The maximum Gasteiger partial charge on any atom is 0.364 e. The van der Waals surface area contributed by atoms with Crippen molar-refractivity contribution in [2.45, 2.75) is 111 Å². The minimum Gasteiger partial charge on any atom is -0.393 e. The average Bonchev–Trinajstić information content (AvgIpc) is 2.69. The molecular weight excluding hydrogens is 418 g/mol. The second-order valence-electron chi connectivity index (χ2n) is 7.82. The van der Waals surface area contributed by atoms with Crippen molar-refractivity contribution < 1.29 is 27.2 Å². The Labute approximate surface area is 187 Å². The van der Waals surface area contributed by atoms with Gasteiger partial charge in [0.1, 0.15) is 11.5 Å². The highest BCUT2D eigenvalue weighted by Gasteiger charge is 2.44. The zero-order valence-corrected chi connectivity index (χ0v) is 23.2. The predicted molar refractivity (Wildman–Crippen MR) is 127 cm³/mol. The van der Waals surface area contributed by atoms with Crippen LogP contribution in [-0.4, -0.2) is 73.3 Å². The summed E-state index contributed by atoms with van der Waals surface area (Å²) in [6, 6.07) is -0.295. The zero-order chi connectivity index (χ0) is 23.4. The van der Waals surface area contributed by atoms with E-state index in [-0.39, 0.29) is 29.7 Å². The molecule has 4 unspecified atom stereocenters. The van der Waals surface area contributed by atoms with Gasteiger partial charge < -0.3 is 32.9 Å². The molecule has 0 rings (SSSR count). The predicted octanol–water partition coefficient (Wildman–Crippen LogP) is 4.05. The Morgan fingerprint density at radius 1 is 0.600 bits per heavy atom. The highest BCUT2D eigenvalue weighted by atomic mass is 28.4. The first-order valence-corrected chi connectivity index (χ1v) is 16.5. The van der Waals surface area contributed by atoms with Crippen LogP contribution in [0.15, 0.2) is 0 Å². The second kappa shape index (κ2) is 15.1. The summed E-state index contributed by atoms with van der Waals surface area (Å²) in [4.78, 5) is 0. The van der Waals surface area contributed by atoms with Crippen molar-refractivity contribution in [3.05, 3.63) is 0 Å². The summed E-state index contributed by atoms with van der Waals surface area (Å²) in [5.41, 5.74) is 6.37. The topological polar surface area (TPSA) is 81.4 Å². The molecule has 0 aromatic rings. The van der Waals surface area contributed by atoms with Crippen molar-refractivity contribution in [3.63, 3.8) is 0 Å². The second-order valence-corrected chi connectivity index (χ2v) is 14.3. The molecule has 30 heavy (non-hydrogen) atoms. The van der Waals surface area contributed by atoms with Gasteiger partial charge in [0.15, 0.2) is 0 Å². The van der Waals surface area contributed by atoms with Crippen LogP contribution in [0.4, 0.5) is 0 Å². The van der Waals surface area contributed by atoms with Crippen LogP contribution in [-0.2, 0) is 27.2 Å². The van der Waals surface area contributed by atoms with Crippen LogP contribution in [0.1, 0.15) is 68.2 Å². The highest BCUT2D eigenvalue weighted by molar-refractivity contribution is 6.67. The summed E-state index contributed by atoms with van der Waals surface area (Å²) in [6.45, 7) is 22.7. The fraction of sp³-hybridized carbons (Fsp3) is 1.00. The van der Waals surface area contributed by atoms with Gasteiger partial charge in [-0.05, 0) is 67.5 Å². The third kappa shape index (κ3) is 8.95. The van der Waals surface area contributed by atoms with E-state index in [1.54, 1.807) is 0 Å². The molecule has 182 valence electrons. The van der Waals surface area contributed by atoms with E-state index in [4.69, 9.17) is 32.9 Å². The lowest BCUT2D eigenvalue weighted by molar-refractivity contribution is -0.0628. The largest absolute Gasteiger partial charge is 0.393 e. The standard InChI is InChI=1S/C21H49NO6Si2/c1-11-19(29(9,23-13-3)24-14-4)27-17(7)21(22)18(8)28-20(12-2)30(10,25-15-5)26-16-6/h17-21H,11-16,22H2,1-10H3. The number of ether oxygens (including phenoxy) is 2. The van der Waals surface area contributed by atoms with Gasteiger partial charge in [0.25, 0.3) is 0 Å². The fourth-order valence-electron chi connectivity index (χ4n) is 3.86. The molecule has 0 amide bonds. The van der Waals surface area contributed by atoms with Crippen LogP contribution in [0, 0.1) is 0 Å². The first-order chi connectivity index (χ1) is 14.1. The first kappa shape index (κ1) is 30.2. The molecule has 9 heteroatoms. The maximum absolute atomic E-state index is 6.57. The van der Waals surface area contributed by atoms with E-state index in [1.165, 1.54) is 0 Å². The van der Waals surface area contributed by atoms with Crippen molar-refractivity contribution in [1.29, 1.82) is 0 Å². The molecule has 4 atom stereocenters. The lowest BCUT2D eigenvalue weighted by atomic mass is 10.1. The van der Waals surface area contributed by atoms with E-state index >= 15 is 0 Å². The molecule has 0 aliphatic carbocycles. The monoisotopic (exact) mass is 467 g/mol. The highest BCUT2D eigenvalue weighted by Crippen LogP contribution is 2.24. The van der Waals surface area contributed by atoms with E-state index < -0.39 is 17.1 Å². The summed E-state index contributed by atoms with van der Waals surface area (Å²) in [5, 5.41) is 0. The molecule has 0 aliphatic rings. The summed E-state index contributed by atoms with van der Waals surface area (Å²) in [6.07, 6.45) is 1.21. The number of nitrogens with two attached hydrogens (primary N) is 1.